The van der Waals surface area contributed by atoms with Gasteiger partial charge in [-0.05, 0) is 18.6 Å². The summed E-state index contributed by atoms with van der Waals surface area (Å²) in [7, 11) is 2.96. The molecule has 0 atom stereocenters. The van der Waals surface area contributed by atoms with Gasteiger partial charge >= 0.3 is 5.97 Å². The normalized spacial score (nSPS) is 9.83. The molecule has 1 aromatic carbocycles. The SMILES string of the molecule is CNC(=O)CN(C)C(=O)COC(=O)CCCOc1ccccc1. The van der Waals surface area contributed by atoms with Crippen molar-refractivity contribution in [2.45, 2.75) is 12.8 Å². The number of ether oxygens (including phenoxy) is 2. The summed E-state index contributed by atoms with van der Waals surface area (Å²) in [6.45, 7) is -0.0483. The first-order chi connectivity index (χ1) is 11.0. The van der Waals surface area contributed by atoms with Gasteiger partial charge in [0.05, 0.1) is 13.2 Å². The molecule has 0 saturated carbocycles. The maximum Gasteiger partial charge on any atom is 0.306 e. The number of hydrogen-bond donors (Lipinski definition) is 1. The third-order valence-electron chi connectivity index (χ3n) is 2.98. The standard InChI is InChI=1S/C16H22N2O5/c1-17-14(19)11-18(2)15(20)12-23-16(21)9-6-10-22-13-7-4-3-5-8-13/h3-5,7-8H,6,9-12H2,1-2H3,(H,17,19). The molecule has 1 rings (SSSR count). The van der Waals surface area contributed by atoms with E-state index in [0.29, 0.717) is 13.0 Å². The van der Waals surface area contributed by atoms with E-state index in [2.05, 4.69) is 5.32 Å². The lowest BCUT2D eigenvalue weighted by Crippen LogP contribution is -2.39. The molecule has 0 bridgehead atoms. The van der Waals surface area contributed by atoms with Gasteiger partial charge in [-0.25, -0.2) is 0 Å². The summed E-state index contributed by atoms with van der Waals surface area (Å²) in [5.74, 6) is -0.442. The molecule has 0 spiro atoms. The van der Waals surface area contributed by atoms with Crippen molar-refractivity contribution >= 4 is 17.8 Å². The van der Waals surface area contributed by atoms with Gasteiger partial charge in [0, 0.05) is 20.5 Å². The lowest BCUT2D eigenvalue weighted by atomic mass is 10.3. The fraction of sp³-hybridized carbons (Fsp3) is 0.438. The van der Waals surface area contributed by atoms with Gasteiger partial charge < -0.3 is 19.7 Å². The molecular formula is C16H22N2O5. The molecule has 0 heterocycles. The minimum absolute atomic E-state index is 0.0716. The monoisotopic (exact) mass is 322 g/mol. The lowest BCUT2D eigenvalue weighted by molar-refractivity contribution is -0.152. The Morgan fingerprint density at radius 3 is 2.52 bits per heavy atom. The molecule has 23 heavy (non-hydrogen) atoms. The molecule has 126 valence electrons. The second-order valence-corrected chi connectivity index (χ2v) is 4.85. The number of likely N-dealkylation sites (N-methyl/N-ethyl adjacent to an activating group) is 2. The molecule has 0 aromatic heterocycles. The molecule has 0 aliphatic rings. The number of esters is 1. The Morgan fingerprint density at radius 1 is 1.17 bits per heavy atom. The molecule has 1 N–H and O–H groups in total. The average molecular weight is 322 g/mol. The van der Waals surface area contributed by atoms with Crippen LogP contribution in [0.4, 0.5) is 0 Å². The summed E-state index contributed by atoms with van der Waals surface area (Å²) in [6.07, 6.45) is 0.662. The molecule has 0 saturated heterocycles. The van der Waals surface area contributed by atoms with Gasteiger partial charge in [0.15, 0.2) is 6.61 Å². The van der Waals surface area contributed by atoms with Crippen molar-refractivity contribution in [3.63, 3.8) is 0 Å². The molecule has 7 heteroatoms. The van der Waals surface area contributed by atoms with Crippen molar-refractivity contribution in [2.24, 2.45) is 0 Å². The highest BCUT2D eigenvalue weighted by atomic mass is 16.5. The Labute approximate surface area is 135 Å². The third kappa shape index (κ3) is 7.85. The number of rotatable bonds is 9. The first-order valence-electron chi connectivity index (χ1n) is 7.31. The highest BCUT2D eigenvalue weighted by molar-refractivity contribution is 5.86. The second kappa shape index (κ2) is 10.2. The van der Waals surface area contributed by atoms with Gasteiger partial charge in [-0.15, -0.1) is 0 Å². The van der Waals surface area contributed by atoms with Crippen molar-refractivity contribution < 1.29 is 23.9 Å². The molecule has 0 aliphatic carbocycles. The number of para-hydroxylation sites is 1. The zero-order chi connectivity index (χ0) is 17.1. The first-order valence-corrected chi connectivity index (χ1v) is 7.31. The van der Waals surface area contributed by atoms with Crippen LogP contribution in [0.5, 0.6) is 5.75 Å². The van der Waals surface area contributed by atoms with E-state index in [9.17, 15) is 14.4 Å². The van der Waals surface area contributed by atoms with Crippen LogP contribution in [0.25, 0.3) is 0 Å². The summed E-state index contributed by atoms with van der Waals surface area (Å²) >= 11 is 0. The quantitative estimate of drug-likeness (QED) is 0.531. The molecule has 0 unspecified atom stereocenters. The van der Waals surface area contributed by atoms with Crippen LogP contribution < -0.4 is 10.1 Å². The largest absolute Gasteiger partial charge is 0.494 e. The molecular weight excluding hydrogens is 300 g/mol. The molecule has 1 aromatic rings. The maximum absolute atomic E-state index is 11.7. The number of nitrogens with one attached hydrogen (secondary N) is 1. The van der Waals surface area contributed by atoms with Crippen molar-refractivity contribution in [3.8, 4) is 5.75 Å². The number of nitrogens with zero attached hydrogens (tertiary/aromatic N) is 1. The number of hydrogen-bond acceptors (Lipinski definition) is 5. The van der Waals surface area contributed by atoms with E-state index >= 15 is 0 Å². The molecule has 0 fully saturated rings. The van der Waals surface area contributed by atoms with E-state index in [1.165, 1.54) is 19.0 Å². The minimum atomic E-state index is -0.469. The van der Waals surface area contributed by atoms with Crippen LogP contribution in [0.15, 0.2) is 30.3 Å². The van der Waals surface area contributed by atoms with Crippen LogP contribution in [0.3, 0.4) is 0 Å². The van der Waals surface area contributed by atoms with Gasteiger partial charge in [-0.2, -0.15) is 0 Å². The smallest absolute Gasteiger partial charge is 0.306 e. The topological polar surface area (TPSA) is 84.9 Å². The Bertz CT molecular complexity index is 518. The predicted molar refractivity (Wildman–Crippen MR) is 83.8 cm³/mol. The van der Waals surface area contributed by atoms with Gasteiger partial charge in [0.1, 0.15) is 5.75 Å². The number of carbonyl (C=O) groups excluding carboxylic acids is 3. The minimum Gasteiger partial charge on any atom is -0.494 e. The van der Waals surface area contributed by atoms with E-state index in [1.54, 1.807) is 0 Å². The van der Waals surface area contributed by atoms with E-state index < -0.39 is 11.9 Å². The lowest BCUT2D eigenvalue weighted by Gasteiger charge is -2.15. The Morgan fingerprint density at radius 2 is 1.87 bits per heavy atom. The zero-order valence-corrected chi connectivity index (χ0v) is 13.4. The Balaban J connectivity index is 2.14. The second-order valence-electron chi connectivity index (χ2n) is 4.85. The fourth-order valence-corrected chi connectivity index (χ4v) is 1.63. The van der Waals surface area contributed by atoms with Crippen molar-refractivity contribution in [2.75, 3.05) is 33.9 Å². The summed E-state index contributed by atoms with van der Waals surface area (Å²) in [5, 5.41) is 2.41. The summed E-state index contributed by atoms with van der Waals surface area (Å²) < 4.78 is 10.3. The van der Waals surface area contributed by atoms with Gasteiger partial charge in [-0.3, -0.25) is 14.4 Å². The predicted octanol–water partition coefficient (Wildman–Crippen LogP) is 0.593. The van der Waals surface area contributed by atoms with E-state index in [1.807, 2.05) is 30.3 Å². The van der Waals surface area contributed by atoms with Crippen molar-refractivity contribution in [1.29, 1.82) is 0 Å². The summed E-state index contributed by atoms with van der Waals surface area (Å²) in [4.78, 5) is 35.5. The molecule has 0 aliphatic heterocycles. The highest BCUT2D eigenvalue weighted by Gasteiger charge is 2.14. The number of carbonyl (C=O) groups is 3. The maximum atomic E-state index is 11.7. The number of amides is 2. The van der Waals surface area contributed by atoms with Crippen molar-refractivity contribution in [1.82, 2.24) is 10.2 Å². The van der Waals surface area contributed by atoms with Crippen LogP contribution in [0.1, 0.15) is 12.8 Å². The van der Waals surface area contributed by atoms with Crippen LogP contribution in [-0.2, 0) is 19.1 Å². The van der Waals surface area contributed by atoms with Crippen LogP contribution in [-0.4, -0.2) is 56.5 Å². The molecule has 7 nitrogen and oxygen atoms in total. The van der Waals surface area contributed by atoms with E-state index in [4.69, 9.17) is 9.47 Å². The highest BCUT2D eigenvalue weighted by Crippen LogP contribution is 2.08. The summed E-state index contributed by atoms with van der Waals surface area (Å²) in [5.41, 5.74) is 0. The van der Waals surface area contributed by atoms with Gasteiger partial charge in [-0.1, -0.05) is 18.2 Å². The number of benzene rings is 1. The third-order valence-corrected chi connectivity index (χ3v) is 2.98. The summed E-state index contributed by atoms with van der Waals surface area (Å²) in [6, 6.07) is 9.29. The Hall–Kier alpha value is -2.57. The fourth-order valence-electron chi connectivity index (χ4n) is 1.63. The van der Waals surface area contributed by atoms with Gasteiger partial charge in [0.2, 0.25) is 5.91 Å². The first kappa shape index (κ1) is 18.5. The van der Waals surface area contributed by atoms with E-state index in [-0.39, 0.29) is 25.5 Å². The van der Waals surface area contributed by atoms with Crippen LogP contribution >= 0.6 is 0 Å². The van der Waals surface area contributed by atoms with Crippen LogP contribution in [0.2, 0.25) is 0 Å². The van der Waals surface area contributed by atoms with Gasteiger partial charge in [0.25, 0.3) is 5.91 Å². The zero-order valence-electron chi connectivity index (χ0n) is 13.4. The van der Waals surface area contributed by atoms with Crippen LogP contribution in [0, 0.1) is 0 Å². The molecule has 2 amide bonds. The van der Waals surface area contributed by atoms with Crippen molar-refractivity contribution in [3.05, 3.63) is 30.3 Å². The molecule has 0 radical (unpaired) electrons. The average Bonchev–Trinajstić information content (AvgIpc) is 2.57. The Kier molecular flexibility index (Phi) is 8.20. The van der Waals surface area contributed by atoms with E-state index in [0.717, 1.165) is 5.75 Å².